The summed E-state index contributed by atoms with van der Waals surface area (Å²) in [6.07, 6.45) is -0.611. The summed E-state index contributed by atoms with van der Waals surface area (Å²) < 4.78 is 37.8. The lowest BCUT2D eigenvalue weighted by Crippen LogP contribution is -2.22. The van der Waals surface area contributed by atoms with Crippen molar-refractivity contribution in [1.29, 1.82) is 0 Å². The Kier molecular flexibility index (Phi) is 4.21. The highest BCUT2D eigenvalue weighted by molar-refractivity contribution is 5.99. The second-order valence-electron chi connectivity index (χ2n) is 5.85. The Balaban J connectivity index is 2.19. The monoisotopic (exact) mass is 284 g/mol. The second kappa shape index (κ2) is 5.58. The quantitative estimate of drug-likeness (QED) is 0.697. The standard InChI is InChI=1S/C16H19F3O/c1-10-3-5-12(6-4-10)15(20)14-8-7-13(9-11(14)2)16(17,18)19/h7-10,12H,3-6H2,1-2H3. The van der Waals surface area contributed by atoms with Gasteiger partial charge in [-0.25, -0.2) is 0 Å². The van der Waals surface area contributed by atoms with Gasteiger partial charge in [0.1, 0.15) is 0 Å². The summed E-state index contributed by atoms with van der Waals surface area (Å²) in [5.41, 5.74) is 0.171. The van der Waals surface area contributed by atoms with Gasteiger partial charge in [-0.2, -0.15) is 13.2 Å². The van der Waals surface area contributed by atoms with Crippen LogP contribution in [0.5, 0.6) is 0 Å². The first-order chi connectivity index (χ1) is 9.29. The van der Waals surface area contributed by atoms with E-state index in [2.05, 4.69) is 6.92 Å². The summed E-state index contributed by atoms with van der Waals surface area (Å²) >= 11 is 0. The maximum atomic E-state index is 12.6. The molecule has 1 nitrogen and oxygen atoms in total. The second-order valence-corrected chi connectivity index (χ2v) is 5.85. The largest absolute Gasteiger partial charge is 0.416 e. The van der Waals surface area contributed by atoms with Gasteiger partial charge in [0.2, 0.25) is 0 Å². The van der Waals surface area contributed by atoms with Gasteiger partial charge in [0.15, 0.2) is 5.78 Å². The van der Waals surface area contributed by atoms with Crippen molar-refractivity contribution < 1.29 is 18.0 Å². The molecule has 0 heterocycles. The Labute approximate surface area is 117 Å². The lowest BCUT2D eigenvalue weighted by molar-refractivity contribution is -0.137. The maximum absolute atomic E-state index is 12.6. The molecule has 0 atom stereocenters. The van der Waals surface area contributed by atoms with E-state index < -0.39 is 11.7 Å². The Bertz CT molecular complexity index is 497. The molecule has 0 spiro atoms. The van der Waals surface area contributed by atoms with Crippen LogP contribution in [0.4, 0.5) is 13.2 Å². The zero-order valence-electron chi connectivity index (χ0n) is 11.8. The van der Waals surface area contributed by atoms with E-state index in [0.29, 0.717) is 17.0 Å². The topological polar surface area (TPSA) is 17.1 Å². The van der Waals surface area contributed by atoms with E-state index in [-0.39, 0.29) is 11.7 Å². The summed E-state index contributed by atoms with van der Waals surface area (Å²) in [6, 6.07) is 3.41. The van der Waals surface area contributed by atoms with E-state index in [1.807, 2.05) is 0 Å². The minimum absolute atomic E-state index is 0.00289. The van der Waals surface area contributed by atoms with Crippen molar-refractivity contribution in [2.75, 3.05) is 0 Å². The van der Waals surface area contributed by atoms with Crippen molar-refractivity contribution >= 4 is 5.78 Å². The lowest BCUT2D eigenvalue weighted by atomic mass is 9.78. The first kappa shape index (κ1) is 15.1. The van der Waals surface area contributed by atoms with E-state index >= 15 is 0 Å². The van der Waals surface area contributed by atoms with Gasteiger partial charge >= 0.3 is 6.18 Å². The molecule has 0 amide bonds. The van der Waals surface area contributed by atoms with E-state index in [4.69, 9.17) is 0 Å². The number of aryl methyl sites for hydroxylation is 1. The van der Waals surface area contributed by atoms with Gasteiger partial charge in [-0.05, 0) is 43.4 Å². The van der Waals surface area contributed by atoms with Crippen molar-refractivity contribution in [3.05, 3.63) is 34.9 Å². The maximum Gasteiger partial charge on any atom is 0.416 e. The number of Topliss-reactive ketones (excluding diaryl/α,β-unsaturated/α-hetero) is 1. The number of rotatable bonds is 2. The van der Waals surface area contributed by atoms with Crippen LogP contribution in [-0.2, 0) is 6.18 Å². The third-order valence-electron chi connectivity index (χ3n) is 4.21. The van der Waals surface area contributed by atoms with Gasteiger partial charge in [-0.15, -0.1) is 0 Å². The molecule has 110 valence electrons. The minimum Gasteiger partial charge on any atom is -0.294 e. The third-order valence-corrected chi connectivity index (χ3v) is 4.21. The molecule has 2 rings (SSSR count). The fraction of sp³-hybridized carbons (Fsp3) is 0.562. The predicted molar refractivity (Wildman–Crippen MR) is 71.6 cm³/mol. The van der Waals surface area contributed by atoms with Gasteiger partial charge in [-0.3, -0.25) is 4.79 Å². The normalized spacial score (nSPS) is 23.6. The molecule has 0 saturated heterocycles. The van der Waals surface area contributed by atoms with Crippen molar-refractivity contribution in [3.8, 4) is 0 Å². The molecule has 0 aromatic heterocycles. The highest BCUT2D eigenvalue weighted by Gasteiger charge is 2.32. The lowest BCUT2D eigenvalue weighted by Gasteiger charge is -2.25. The SMILES string of the molecule is Cc1cc(C(F)(F)F)ccc1C(=O)C1CCC(C)CC1. The molecule has 1 fully saturated rings. The van der Waals surface area contributed by atoms with Gasteiger partial charge in [0.25, 0.3) is 0 Å². The molecule has 4 heteroatoms. The van der Waals surface area contributed by atoms with Crippen LogP contribution in [0.1, 0.15) is 54.1 Å². The molecule has 0 N–H and O–H groups in total. The smallest absolute Gasteiger partial charge is 0.294 e. The highest BCUT2D eigenvalue weighted by Crippen LogP contribution is 2.33. The van der Waals surface area contributed by atoms with Crippen LogP contribution in [0, 0.1) is 18.8 Å². The minimum atomic E-state index is -4.35. The van der Waals surface area contributed by atoms with Crippen molar-refractivity contribution in [3.63, 3.8) is 0 Å². The van der Waals surface area contributed by atoms with Crippen molar-refractivity contribution in [1.82, 2.24) is 0 Å². The molecular weight excluding hydrogens is 265 g/mol. The summed E-state index contributed by atoms with van der Waals surface area (Å²) in [7, 11) is 0. The summed E-state index contributed by atoms with van der Waals surface area (Å²) in [5, 5.41) is 0. The number of ketones is 1. The van der Waals surface area contributed by atoms with Crippen LogP contribution in [0.15, 0.2) is 18.2 Å². The molecule has 0 aliphatic heterocycles. The van der Waals surface area contributed by atoms with Gasteiger partial charge in [0.05, 0.1) is 5.56 Å². The summed E-state index contributed by atoms with van der Waals surface area (Å²) in [4.78, 5) is 12.4. The van der Waals surface area contributed by atoms with E-state index in [1.165, 1.54) is 6.07 Å². The predicted octanol–water partition coefficient (Wildman–Crippen LogP) is 5.02. The Hall–Kier alpha value is -1.32. The summed E-state index contributed by atoms with van der Waals surface area (Å²) in [5.74, 6) is 0.623. The fourth-order valence-corrected chi connectivity index (χ4v) is 2.86. The molecule has 1 aliphatic carbocycles. The Morgan fingerprint density at radius 1 is 1.15 bits per heavy atom. The third kappa shape index (κ3) is 3.22. The zero-order valence-corrected chi connectivity index (χ0v) is 11.8. The van der Waals surface area contributed by atoms with Crippen molar-refractivity contribution in [2.24, 2.45) is 11.8 Å². The van der Waals surface area contributed by atoms with Crippen LogP contribution < -0.4 is 0 Å². The molecule has 1 aromatic rings. The van der Waals surface area contributed by atoms with Gasteiger partial charge in [-0.1, -0.05) is 25.8 Å². The van der Waals surface area contributed by atoms with E-state index in [9.17, 15) is 18.0 Å². The van der Waals surface area contributed by atoms with Crippen LogP contribution >= 0.6 is 0 Å². The van der Waals surface area contributed by atoms with E-state index in [0.717, 1.165) is 37.8 Å². The van der Waals surface area contributed by atoms with E-state index in [1.54, 1.807) is 6.92 Å². The number of carbonyl (C=O) groups excluding carboxylic acids is 1. The molecular formula is C16H19F3O. The molecule has 0 bridgehead atoms. The molecule has 0 unspecified atom stereocenters. The molecule has 1 saturated carbocycles. The van der Waals surface area contributed by atoms with Crippen LogP contribution in [0.2, 0.25) is 0 Å². The number of carbonyl (C=O) groups is 1. The van der Waals surface area contributed by atoms with Gasteiger partial charge in [0, 0.05) is 11.5 Å². The first-order valence-electron chi connectivity index (χ1n) is 7.01. The van der Waals surface area contributed by atoms with Crippen LogP contribution in [0.3, 0.4) is 0 Å². The Morgan fingerprint density at radius 3 is 2.25 bits per heavy atom. The number of halogens is 3. The highest BCUT2D eigenvalue weighted by atomic mass is 19.4. The molecule has 1 aliphatic rings. The van der Waals surface area contributed by atoms with Crippen LogP contribution in [0.25, 0.3) is 0 Å². The number of alkyl halides is 3. The average Bonchev–Trinajstić information content (AvgIpc) is 2.37. The molecule has 1 aromatic carbocycles. The first-order valence-corrected chi connectivity index (χ1v) is 7.01. The fourth-order valence-electron chi connectivity index (χ4n) is 2.86. The molecule has 20 heavy (non-hydrogen) atoms. The zero-order chi connectivity index (χ0) is 14.9. The van der Waals surface area contributed by atoms with Crippen LogP contribution in [-0.4, -0.2) is 5.78 Å². The van der Waals surface area contributed by atoms with Crippen molar-refractivity contribution in [2.45, 2.75) is 45.7 Å². The van der Waals surface area contributed by atoms with Gasteiger partial charge < -0.3 is 0 Å². The Morgan fingerprint density at radius 2 is 1.75 bits per heavy atom. The molecule has 0 radical (unpaired) electrons. The average molecular weight is 284 g/mol. The summed E-state index contributed by atoms with van der Waals surface area (Å²) in [6.45, 7) is 3.75. The number of hydrogen-bond acceptors (Lipinski definition) is 1. The number of benzene rings is 1. The number of hydrogen-bond donors (Lipinski definition) is 0.